The summed E-state index contributed by atoms with van der Waals surface area (Å²) in [6.45, 7) is 2.26. The molecule has 0 N–H and O–H groups in total. The lowest BCUT2D eigenvalue weighted by molar-refractivity contribution is -0.141. The molecule has 0 amide bonds. The quantitative estimate of drug-likeness (QED) is 0.516. The Balaban J connectivity index is 2.16. The minimum absolute atomic E-state index is 0.0386. The number of ether oxygens (including phenoxy) is 1. The highest BCUT2D eigenvalue weighted by Crippen LogP contribution is 2.35. The van der Waals surface area contributed by atoms with Gasteiger partial charge in [-0.15, -0.1) is 0 Å². The van der Waals surface area contributed by atoms with Gasteiger partial charge in [0.25, 0.3) is 0 Å². The molecular weight excluding hydrogens is 152 g/mol. The molecule has 2 aliphatic rings. The number of carbonyl (C=O) groups excluding carboxylic acids is 1. The minimum atomic E-state index is -0.0386. The summed E-state index contributed by atoms with van der Waals surface area (Å²) in [6.07, 6.45) is 4.82. The van der Waals surface area contributed by atoms with E-state index in [0.29, 0.717) is 6.42 Å². The molecule has 0 radical (unpaired) electrons. The van der Waals surface area contributed by atoms with Crippen molar-refractivity contribution in [2.24, 2.45) is 5.92 Å². The molecule has 12 heavy (non-hydrogen) atoms. The van der Waals surface area contributed by atoms with Crippen molar-refractivity contribution < 1.29 is 9.53 Å². The summed E-state index contributed by atoms with van der Waals surface area (Å²) in [5, 5.41) is 0. The first-order valence-corrected chi connectivity index (χ1v) is 4.67. The first-order chi connectivity index (χ1) is 5.75. The van der Waals surface area contributed by atoms with Gasteiger partial charge in [-0.1, -0.05) is 6.92 Å². The van der Waals surface area contributed by atoms with E-state index in [1.807, 2.05) is 0 Å². The first kappa shape index (κ1) is 7.84. The molecule has 0 saturated heterocycles. The average Bonchev–Trinajstić information content (AvgIpc) is 2.05. The van der Waals surface area contributed by atoms with Crippen molar-refractivity contribution in [1.29, 1.82) is 0 Å². The van der Waals surface area contributed by atoms with Crippen molar-refractivity contribution in [3.05, 3.63) is 11.3 Å². The Morgan fingerprint density at radius 3 is 3.00 bits per heavy atom. The highest BCUT2D eigenvalue weighted by Gasteiger charge is 2.25. The second-order valence-corrected chi connectivity index (χ2v) is 3.85. The van der Waals surface area contributed by atoms with Crippen molar-refractivity contribution in [3.63, 3.8) is 0 Å². The molecule has 0 aromatic rings. The van der Waals surface area contributed by atoms with Crippen LogP contribution < -0.4 is 0 Å². The van der Waals surface area contributed by atoms with E-state index < -0.39 is 0 Å². The van der Waals surface area contributed by atoms with Crippen molar-refractivity contribution in [2.75, 3.05) is 0 Å². The van der Waals surface area contributed by atoms with Crippen LogP contribution >= 0.6 is 0 Å². The van der Waals surface area contributed by atoms with Crippen LogP contribution in [0.15, 0.2) is 11.3 Å². The van der Waals surface area contributed by atoms with Crippen LogP contribution in [-0.4, -0.2) is 5.97 Å². The van der Waals surface area contributed by atoms with Crippen LogP contribution in [0.4, 0.5) is 0 Å². The van der Waals surface area contributed by atoms with E-state index in [4.69, 9.17) is 4.74 Å². The molecule has 0 aromatic carbocycles. The van der Waals surface area contributed by atoms with E-state index in [-0.39, 0.29) is 5.97 Å². The van der Waals surface area contributed by atoms with Crippen LogP contribution in [0.3, 0.4) is 0 Å². The van der Waals surface area contributed by atoms with E-state index in [9.17, 15) is 4.79 Å². The molecule has 0 saturated carbocycles. The average molecular weight is 166 g/mol. The lowest BCUT2D eigenvalue weighted by Crippen LogP contribution is -2.18. The van der Waals surface area contributed by atoms with Gasteiger partial charge in [0.05, 0.1) is 0 Å². The van der Waals surface area contributed by atoms with E-state index in [1.54, 1.807) is 0 Å². The van der Waals surface area contributed by atoms with Crippen LogP contribution in [0.2, 0.25) is 0 Å². The monoisotopic (exact) mass is 166 g/mol. The molecule has 2 nitrogen and oxygen atoms in total. The van der Waals surface area contributed by atoms with E-state index in [2.05, 4.69) is 6.92 Å². The van der Waals surface area contributed by atoms with Gasteiger partial charge in [-0.3, -0.25) is 4.79 Å². The Morgan fingerprint density at radius 1 is 1.33 bits per heavy atom. The third-order valence-electron chi connectivity index (χ3n) is 2.72. The largest absolute Gasteiger partial charge is 0.431 e. The maximum absolute atomic E-state index is 10.9. The summed E-state index contributed by atoms with van der Waals surface area (Å²) in [4.78, 5) is 10.9. The van der Waals surface area contributed by atoms with Crippen LogP contribution in [0.5, 0.6) is 0 Å². The van der Waals surface area contributed by atoms with Gasteiger partial charge in [0.1, 0.15) is 5.76 Å². The standard InChI is InChI=1S/C10H14O2/c1-7-2-4-9-8(6-7)3-5-10(11)12-9/h7H,2-6H2,1H3. The fraction of sp³-hybridized carbons (Fsp3) is 0.700. The molecule has 1 aliphatic heterocycles. The highest BCUT2D eigenvalue weighted by molar-refractivity contribution is 5.72. The maximum Gasteiger partial charge on any atom is 0.311 e. The molecule has 1 unspecified atom stereocenters. The predicted molar refractivity (Wildman–Crippen MR) is 45.4 cm³/mol. The zero-order valence-corrected chi connectivity index (χ0v) is 7.43. The maximum atomic E-state index is 10.9. The van der Waals surface area contributed by atoms with E-state index in [0.717, 1.165) is 30.9 Å². The fourth-order valence-corrected chi connectivity index (χ4v) is 2.00. The number of hydrogen-bond acceptors (Lipinski definition) is 2. The lowest BCUT2D eigenvalue weighted by atomic mass is 9.86. The summed E-state index contributed by atoms with van der Waals surface area (Å²) < 4.78 is 5.18. The van der Waals surface area contributed by atoms with Gasteiger partial charge < -0.3 is 4.74 Å². The highest BCUT2D eigenvalue weighted by atomic mass is 16.5. The Hall–Kier alpha value is -0.790. The lowest BCUT2D eigenvalue weighted by Gasteiger charge is -2.27. The molecule has 1 aliphatic carbocycles. The van der Waals surface area contributed by atoms with E-state index >= 15 is 0 Å². The predicted octanol–water partition coefficient (Wildman–Crippen LogP) is 2.40. The Morgan fingerprint density at radius 2 is 2.17 bits per heavy atom. The molecule has 66 valence electrons. The molecule has 2 heteroatoms. The molecule has 0 bridgehead atoms. The molecule has 0 spiro atoms. The number of carbonyl (C=O) groups is 1. The van der Waals surface area contributed by atoms with Gasteiger partial charge >= 0.3 is 5.97 Å². The van der Waals surface area contributed by atoms with E-state index in [1.165, 1.54) is 12.0 Å². The normalized spacial score (nSPS) is 29.8. The SMILES string of the molecule is CC1CCC2=C(CCC(=O)O2)C1. The second-order valence-electron chi connectivity index (χ2n) is 3.85. The van der Waals surface area contributed by atoms with Gasteiger partial charge in [-0.25, -0.2) is 0 Å². The van der Waals surface area contributed by atoms with Crippen LogP contribution in [0.25, 0.3) is 0 Å². The summed E-state index contributed by atoms with van der Waals surface area (Å²) >= 11 is 0. The summed E-state index contributed by atoms with van der Waals surface area (Å²) in [7, 11) is 0. The Kier molecular flexibility index (Phi) is 1.91. The Bertz CT molecular complexity index is 240. The second kappa shape index (κ2) is 2.92. The smallest absolute Gasteiger partial charge is 0.311 e. The molecule has 1 atom stereocenters. The number of rotatable bonds is 0. The van der Waals surface area contributed by atoms with Crippen molar-refractivity contribution in [1.82, 2.24) is 0 Å². The van der Waals surface area contributed by atoms with Gasteiger partial charge in [-0.2, -0.15) is 0 Å². The van der Waals surface area contributed by atoms with Crippen molar-refractivity contribution in [2.45, 2.75) is 39.0 Å². The summed E-state index contributed by atoms with van der Waals surface area (Å²) in [5.74, 6) is 1.73. The summed E-state index contributed by atoms with van der Waals surface area (Å²) in [6, 6.07) is 0. The van der Waals surface area contributed by atoms with Gasteiger partial charge in [-0.05, 0) is 30.8 Å². The molecule has 0 aromatic heterocycles. The number of hydrogen-bond donors (Lipinski definition) is 0. The third kappa shape index (κ3) is 1.38. The number of allylic oxidation sites excluding steroid dienone is 2. The molecule has 1 heterocycles. The third-order valence-corrected chi connectivity index (χ3v) is 2.72. The van der Waals surface area contributed by atoms with Gasteiger partial charge in [0.2, 0.25) is 0 Å². The van der Waals surface area contributed by atoms with Crippen molar-refractivity contribution in [3.8, 4) is 0 Å². The van der Waals surface area contributed by atoms with Gasteiger partial charge in [0.15, 0.2) is 0 Å². The zero-order valence-electron chi connectivity index (χ0n) is 7.43. The minimum Gasteiger partial charge on any atom is -0.431 e. The van der Waals surface area contributed by atoms with Crippen LogP contribution in [-0.2, 0) is 9.53 Å². The molecule has 0 fully saturated rings. The van der Waals surface area contributed by atoms with Gasteiger partial charge in [0, 0.05) is 12.8 Å². The Labute approximate surface area is 72.6 Å². The topological polar surface area (TPSA) is 26.3 Å². The fourth-order valence-electron chi connectivity index (χ4n) is 2.00. The van der Waals surface area contributed by atoms with Crippen LogP contribution in [0, 0.1) is 5.92 Å². The number of esters is 1. The molecular formula is C10H14O2. The summed E-state index contributed by atoms with van der Waals surface area (Å²) in [5.41, 5.74) is 1.40. The molecule has 2 rings (SSSR count). The van der Waals surface area contributed by atoms with Crippen LogP contribution in [0.1, 0.15) is 39.0 Å². The van der Waals surface area contributed by atoms with Crippen molar-refractivity contribution >= 4 is 5.97 Å². The zero-order chi connectivity index (χ0) is 8.55. The first-order valence-electron chi connectivity index (χ1n) is 4.67.